The van der Waals surface area contributed by atoms with Gasteiger partial charge >= 0.3 is 0 Å². The highest BCUT2D eigenvalue weighted by Crippen LogP contribution is 2.17. The van der Waals surface area contributed by atoms with Crippen LogP contribution in [0.2, 0.25) is 0 Å². The molecule has 1 aromatic rings. The number of H-pyrrole nitrogens is 1. The number of nitrogens with one attached hydrogen (secondary N) is 2. The van der Waals surface area contributed by atoms with E-state index < -0.39 is 5.54 Å². The predicted molar refractivity (Wildman–Crippen MR) is 68.6 cm³/mol. The van der Waals surface area contributed by atoms with Crippen molar-refractivity contribution in [3.8, 4) is 0 Å². The monoisotopic (exact) mass is 256 g/mol. The van der Waals surface area contributed by atoms with Gasteiger partial charge in [0.25, 0.3) is 5.91 Å². The van der Waals surface area contributed by atoms with Gasteiger partial charge in [0.2, 0.25) is 5.56 Å². The van der Waals surface area contributed by atoms with Crippen LogP contribution in [0.4, 0.5) is 0 Å². The Morgan fingerprint density at radius 2 is 2.12 bits per heavy atom. The molecule has 0 unspecified atom stereocenters. The molecule has 1 rings (SSSR count). The predicted octanol–water partition coefficient (Wildman–Crippen LogP) is 1.90. The van der Waals surface area contributed by atoms with Crippen molar-refractivity contribution in [1.82, 2.24) is 10.3 Å². The highest BCUT2D eigenvalue weighted by Gasteiger charge is 2.27. The van der Waals surface area contributed by atoms with Crippen LogP contribution >= 0.6 is 11.6 Å². The van der Waals surface area contributed by atoms with Crippen molar-refractivity contribution < 1.29 is 4.79 Å². The van der Waals surface area contributed by atoms with Crippen molar-refractivity contribution in [1.29, 1.82) is 0 Å². The van der Waals surface area contributed by atoms with Gasteiger partial charge in [0.15, 0.2) is 0 Å². The van der Waals surface area contributed by atoms with E-state index >= 15 is 0 Å². The van der Waals surface area contributed by atoms with Crippen LogP contribution in [-0.2, 0) is 0 Å². The van der Waals surface area contributed by atoms with Gasteiger partial charge in [-0.2, -0.15) is 0 Å². The lowest BCUT2D eigenvalue weighted by Gasteiger charge is -2.30. The number of hydrogen-bond acceptors (Lipinski definition) is 2. The number of pyridine rings is 1. The van der Waals surface area contributed by atoms with Gasteiger partial charge < -0.3 is 10.3 Å². The van der Waals surface area contributed by atoms with E-state index in [2.05, 4.69) is 10.3 Å². The van der Waals surface area contributed by atoms with Gasteiger partial charge in [-0.25, -0.2) is 0 Å². The van der Waals surface area contributed by atoms with Gasteiger partial charge in [0.1, 0.15) is 0 Å². The number of halogens is 1. The Kier molecular flexibility index (Phi) is 4.75. The van der Waals surface area contributed by atoms with E-state index in [-0.39, 0.29) is 11.5 Å². The Bertz CT molecular complexity index is 430. The fraction of sp³-hybridized carbons (Fsp3) is 0.500. The van der Waals surface area contributed by atoms with Crippen LogP contribution in [0.1, 0.15) is 37.0 Å². The highest BCUT2D eigenvalue weighted by molar-refractivity contribution is 6.18. The van der Waals surface area contributed by atoms with E-state index in [1.54, 1.807) is 6.07 Å². The van der Waals surface area contributed by atoms with Crippen molar-refractivity contribution in [3.05, 3.63) is 34.2 Å². The molecule has 0 spiro atoms. The normalized spacial score (nSPS) is 11.2. The summed E-state index contributed by atoms with van der Waals surface area (Å²) in [5.41, 5.74) is -0.339. The van der Waals surface area contributed by atoms with Crippen LogP contribution in [0.15, 0.2) is 23.1 Å². The Morgan fingerprint density at radius 3 is 2.59 bits per heavy atom. The maximum atomic E-state index is 12.0. The Labute approximate surface area is 105 Å². The maximum Gasteiger partial charge on any atom is 0.252 e. The van der Waals surface area contributed by atoms with Crippen LogP contribution in [0, 0.1) is 0 Å². The number of carbonyl (C=O) groups excluding carboxylic acids is 1. The van der Waals surface area contributed by atoms with E-state index in [1.807, 2.05) is 13.8 Å². The van der Waals surface area contributed by atoms with Crippen LogP contribution in [0.25, 0.3) is 0 Å². The highest BCUT2D eigenvalue weighted by atomic mass is 35.5. The van der Waals surface area contributed by atoms with E-state index in [9.17, 15) is 9.59 Å². The van der Waals surface area contributed by atoms with Crippen molar-refractivity contribution in [2.75, 3.05) is 5.88 Å². The SMILES string of the molecule is CCC(CC)(CCl)NC(=O)c1cc[nH]c(=O)c1. The topological polar surface area (TPSA) is 62.0 Å². The molecular weight excluding hydrogens is 240 g/mol. The summed E-state index contributed by atoms with van der Waals surface area (Å²) in [4.78, 5) is 25.5. The van der Waals surface area contributed by atoms with Gasteiger partial charge in [-0.15, -0.1) is 11.6 Å². The lowest BCUT2D eigenvalue weighted by atomic mass is 9.95. The molecule has 1 heterocycles. The quantitative estimate of drug-likeness (QED) is 0.791. The minimum atomic E-state index is -0.402. The first-order chi connectivity index (χ1) is 8.06. The summed E-state index contributed by atoms with van der Waals surface area (Å²) in [6, 6.07) is 2.85. The molecule has 0 aliphatic carbocycles. The van der Waals surface area contributed by atoms with Crippen LogP contribution < -0.4 is 10.9 Å². The molecule has 94 valence electrons. The molecule has 0 bridgehead atoms. The third-order valence-electron chi connectivity index (χ3n) is 3.03. The zero-order valence-electron chi connectivity index (χ0n) is 10.0. The summed E-state index contributed by atoms with van der Waals surface area (Å²) in [6.07, 6.45) is 2.96. The molecule has 0 aliphatic rings. The average molecular weight is 257 g/mol. The second-order valence-corrected chi connectivity index (χ2v) is 4.28. The maximum absolute atomic E-state index is 12.0. The molecule has 0 saturated carbocycles. The van der Waals surface area contributed by atoms with Crippen molar-refractivity contribution >= 4 is 17.5 Å². The number of aromatic amines is 1. The summed E-state index contributed by atoms with van der Waals surface area (Å²) < 4.78 is 0. The minimum absolute atomic E-state index is 0.263. The fourth-order valence-electron chi connectivity index (χ4n) is 1.55. The van der Waals surface area contributed by atoms with Crippen LogP contribution in [-0.4, -0.2) is 22.3 Å². The molecule has 17 heavy (non-hydrogen) atoms. The molecule has 5 heteroatoms. The molecule has 1 aromatic heterocycles. The number of alkyl halides is 1. The first-order valence-corrected chi connectivity index (χ1v) is 6.17. The van der Waals surface area contributed by atoms with Gasteiger partial charge in [0, 0.05) is 23.7 Å². The lowest BCUT2D eigenvalue weighted by molar-refractivity contribution is 0.0902. The van der Waals surface area contributed by atoms with Crippen LogP contribution in [0.3, 0.4) is 0 Å². The van der Waals surface area contributed by atoms with Gasteiger partial charge in [-0.05, 0) is 18.9 Å². The standard InChI is InChI=1S/C12H17ClN2O2/c1-3-12(4-2,8-13)15-11(17)9-5-6-14-10(16)7-9/h5-7H,3-4,8H2,1-2H3,(H,14,16)(H,15,17). The molecular formula is C12H17ClN2O2. The Morgan fingerprint density at radius 1 is 1.47 bits per heavy atom. The zero-order chi connectivity index (χ0) is 12.9. The van der Waals surface area contributed by atoms with E-state index in [4.69, 9.17) is 11.6 Å². The summed E-state index contributed by atoms with van der Waals surface area (Å²) in [7, 11) is 0. The molecule has 0 aliphatic heterocycles. The number of amides is 1. The van der Waals surface area contributed by atoms with Crippen LogP contribution in [0.5, 0.6) is 0 Å². The molecule has 0 fully saturated rings. The molecule has 0 saturated heterocycles. The fourth-order valence-corrected chi connectivity index (χ4v) is 1.99. The smallest absolute Gasteiger partial charge is 0.252 e. The summed E-state index contributed by atoms with van der Waals surface area (Å²) in [6.45, 7) is 3.95. The number of aromatic nitrogens is 1. The second kappa shape index (κ2) is 5.87. The third kappa shape index (κ3) is 3.33. The van der Waals surface area contributed by atoms with Gasteiger partial charge in [0.05, 0.1) is 5.54 Å². The number of rotatable bonds is 5. The van der Waals surface area contributed by atoms with Crippen molar-refractivity contribution in [2.45, 2.75) is 32.2 Å². The van der Waals surface area contributed by atoms with Crippen molar-refractivity contribution in [2.24, 2.45) is 0 Å². The Balaban J connectivity index is 2.88. The first-order valence-electron chi connectivity index (χ1n) is 5.64. The van der Waals surface area contributed by atoms with Gasteiger partial charge in [-0.3, -0.25) is 9.59 Å². The molecule has 1 amide bonds. The lowest BCUT2D eigenvalue weighted by Crippen LogP contribution is -2.49. The summed E-state index contributed by atoms with van der Waals surface area (Å²) in [5.74, 6) is 0.0926. The second-order valence-electron chi connectivity index (χ2n) is 4.02. The van der Waals surface area contributed by atoms with E-state index in [1.165, 1.54) is 12.3 Å². The number of carbonyl (C=O) groups is 1. The first kappa shape index (κ1) is 13.8. The molecule has 0 aromatic carbocycles. The van der Waals surface area contributed by atoms with E-state index in [0.717, 1.165) is 12.8 Å². The largest absolute Gasteiger partial charge is 0.345 e. The molecule has 0 atom stereocenters. The van der Waals surface area contributed by atoms with E-state index in [0.29, 0.717) is 11.4 Å². The minimum Gasteiger partial charge on any atom is -0.345 e. The van der Waals surface area contributed by atoms with Gasteiger partial charge in [-0.1, -0.05) is 13.8 Å². The summed E-state index contributed by atoms with van der Waals surface area (Å²) >= 11 is 5.90. The Hall–Kier alpha value is -1.29. The number of hydrogen-bond donors (Lipinski definition) is 2. The molecule has 2 N–H and O–H groups in total. The molecule has 4 nitrogen and oxygen atoms in total. The average Bonchev–Trinajstić information content (AvgIpc) is 2.36. The van der Waals surface area contributed by atoms with Crippen molar-refractivity contribution in [3.63, 3.8) is 0 Å². The zero-order valence-corrected chi connectivity index (χ0v) is 10.8. The molecule has 0 radical (unpaired) electrons. The third-order valence-corrected chi connectivity index (χ3v) is 3.54. The summed E-state index contributed by atoms with van der Waals surface area (Å²) in [5, 5.41) is 2.90.